The first-order valence-corrected chi connectivity index (χ1v) is 7.47. The maximum Gasteiger partial charge on any atom is 0.303 e. The molecule has 0 radical (unpaired) electrons. The van der Waals surface area contributed by atoms with E-state index in [9.17, 15) is 4.79 Å². The van der Waals surface area contributed by atoms with Gasteiger partial charge in [-0.15, -0.1) is 0 Å². The molecule has 1 aromatic carbocycles. The molecule has 0 bridgehead atoms. The molecule has 0 amide bonds. The molecule has 1 saturated heterocycles. The van der Waals surface area contributed by atoms with Crippen molar-refractivity contribution in [3.8, 4) is 11.5 Å². The van der Waals surface area contributed by atoms with Gasteiger partial charge in [-0.2, -0.15) is 11.8 Å². The van der Waals surface area contributed by atoms with Crippen molar-refractivity contribution in [3.05, 3.63) is 23.8 Å². The Balaban J connectivity index is 1.99. The smallest absolute Gasteiger partial charge is 0.303 e. The molecule has 0 atom stereocenters. The highest BCUT2D eigenvalue weighted by atomic mass is 32.2. The number of hydrogen-bond acceptors (Lipinski definition) is 4. The van der Waals surface area contributed by atoms with Crippen LogP contribution in [0, 0.1) is 0 Å². The van der Waals surface area contributed by atoms with E-state index in [1.165, 1.54) is 0 Å². The number of carboxylic acids is 1. The van der Waals surface area contributed by atoms with Crippen LogP contribution in [0.15, 0.2) is 18.2 Å². The number of benzene rings is 1. The normalized spacial score (nSPS) is 14.8. The highest BCUT2D eigenvalue weighted by Crippen LogP contribution is 2.32. The third-order valence-corrected chi connectivity index (χ3v) is 4.20. The minimum atomic E-state index is -0.753. The zero-order valence-electron chi connectivity index (χ0n) is 10.9. The Labute approximate surface area is 117 Å². The molecule has 0 unspecified atom stereocenters. The van der Waals surface area contributed by atoms with Gasteiger partial charge in [0.2, 0.25) is 0 Å². The van der Waals surface area contributed by atoms with Crippen LogP contribution in [0.25, 0.3) is 0 Å². The lowest BCUT2D eigenvalue weighted by Crippen LogP contribution is -2.31. The van der Waals surface area contributed by atoms with E-state index in [4.69, 9.17) is 14.6 Å². The van der Waals surface area contributed by atoms with E-state index in [0.29, 0.717) is 6.42 Å². The molecular weight excluding hydrogens is 264 g/mol. The molecule has 0 aliphatic carbocycles. The summed E-state index contributed by atoms with van der Waals surface area (Å²) in [4.78, 5) is 10.5. The topological polar surface area (TPSA) is 55.8 Å². The Bertz CT molecular complexity index is 443. The molecule has 2 rings (SSSR count). The SMILES string of the molecule is COc1ccc(CCCC(=O)O)cc1OC1CSC1. The van der Waals surface area contributed by atoms with E-state index in [1.807, 2.05) is 30.0 Å². The van der Waals surface area contributed by atoms with Gasteiger partial charge in [-0.3, -0.25) is 4.79 Å². The summed E-state index contributed by atoms with van der Waals surface area (Å²) in [6.45, 7) is 0. The molecule has 0 saturated carbocycles. The standard InChI is InChI=1S/C14H18O4S/c1-17-12-6-5-10(3-2-4-14(15)16)7-13(12)18-11-8-19-9-11/h5-7,11H,2-4,8-9H2,1H3,(H,15,16). The van der Waals surface area contributed by atoms with Gasteiger partial charge in [-0.1, -0.05) is 6.07 Å². The van der Waals surface area contributed by atoms with Crippen LogP contribution in [0.5, 0.6) is 11.5 Å². The van der Waals surface area contributed by atoms with E-state index in [-0.39, 0.29) is 12.5 Å². The first-order chi connectivity index (χ1) is 9.19. The molecule has 0 aromatic heterocycles. The summed E-state index contributed by atoms with van der Waals surface area (Å²) in [6, 6.07) is 5.81. The van der Waals surface area contributed by atoms with Crippen LogP contribution in [-0.2, 0) is 11.2 Å². The second kappa shape index (κ2) is 6.70. The summed E-state index contributed by atoms with van der Waals surface area (Å²) in [5, 5.41) is 8.64. The van der Waals surface area contributed by atoms with E-state index >= 15 is 0 Å². The third-order valence-electron chi connectivity index (χ3n) is 2.99. The Kier molecular flexibility index (Phi) is 4.96. The second-order valence-electron chi connectivity index (χ2n) is 4.51. The van der Waals surface area contributed by atoms with E-state index in [2.05, 4.69) is 0 Å². The van der Waals surface area contributed by atoms with Crippen molar-refractivity contribution in [2.75, 3.05) is 18.6 Å². The Morgan fingerprint density at radius 3 is 2.79 bits per heavy atom. The number of methoxy groups -OCH3 is 1. The van der Waals surface area contributed by atoms with Crippen LogP contribution in [0.2, 0.25) is 0 Å². The predicted molar refractivity (Wildman–Crippen MR) is 75.3 cm³/mol. The summed E-state index contributed by atoms with van der Waals surface area (Å²) in [5.74, 6) is 2.79. The number of hydrogen-bond donors (Lipinski definition) is 1. The number of rotatable bonds is 7. The van der Waals surface area contributed by atoms with Crippen LogP contribution < -0.4 is 9.47 Å². The molecule has 1 fully saturated rings. The van der Waals surface area contributed by atoms with Crippen molar-refractivity contribution in [1.82, 2.24) is 0 Å². The molecule has 4 nitrogen and oxygen atoms in total. The molecular formula is C14H18O4S. The summed E-state index contributed by atoms with van der Waals surface area (Å²) >= 11 is 1.87. The van der Waals surface area contributed by atoms with Gasteiger partial charge >= 0.3 is 5.97 Å². The van der Waals surface area contributed by atoms with Crippen molar-refractivity contribution in [2.45, 2.75) is 25.4 Å². The minimum absolute atomic E-state index is 0.196. The summed E-state index contributed by atoms with van der Waals surface area (Å²) in [6.07, 6.45) is 1.85. The molecule has 1 aliphatic rings. The number of carbonyl (C=O) groups is 1. The summed E-state index contributed by atoms with van der Waals surface area (Å²) in [5.41, 5.74) is 1.09. The Morgan fingerprint density at radius 1 is 1.42 bits per heavy atom. The average molecular weight is 282 g/mol. The van der Waals surface area contributed by atoms with E-state index < -0.39 is 5.97 Å². The first kappa shape index (κ1) is 14.1. The maximum atomic E-state index is 10.5. The van der Waals surface area contributed by atoms with Gasteiger partial charge < -0.3 is 14.6 Å². The summed E-state index contributed by atoms with van der Waals surface area (Å²) < 4.78 is 11.2. The molecule has 1 N–H and O–H groups in total. The van der Waals surface area contributed by atoms with Crippen molar-refractivity contribution in [1.29, 1.82) is 0 Å². The van der Waals surface area contributed by atoms with Crippen molar-refractivity contribution in [3.63, 3.8) is 0 Å². The highest BCUT2D eigenvalue weighted by molar-refractivity contribution is 8.00. The number of aliphatic carboxylic acids is 1. The Hall–Kier alpha value is -1.36. The zero-order chi connectivity index (χ0) is 13.7. The zero-order valence-corrected chi connectivity index (χ0v) is 11.7. The van der Waals surface area contributed by atoms with Crippen LogP contribution in [0.4, 0.5) is 0 Å². The van der Waals surface area contributed by atoms with Gasteiger partial charge in [-0.05, 0) is 30.5 Å². The largest absolute Gasteiger partial charge is 0.493 e. The van der Waals surface area contributed by atoms with E-state index in [0.717, 1.165) is 35.0 Å². The fraction of sp³-hybridized carbons (Fsp3) is 0.500. The van der Waals surface area contributed by atoms with Crippen molar-refractivity contribution >= 4 is 17.7 Å². The molecule has 1 aliphatic heterocycles. The van der Waals surface area contributed by atoms with Gasteiger partial charge in [-0.25, -0.2) is 0 Å². The molecule has 5 heteroatoms. The number of carboxylic acid groups (broad SMARTS) is 1. The van der Waals surface area contributed by atoms with Crippen LogP contribution in [-0.4, -0.2) is 35.8 Å². The van der Waals surface area contributed by atoms with Crippen LogP contribution in [0.3, 0.4) is 0 Å². The first-order valence-electron chi connectivity index (χ1n) is 6.32. The lowest BCUT2D eigenvalue weighted by Gasteiger charge is -2.26. The second-order valence-corrected chi connectivity index (χ2v) is 5.58. The predicted octanol–water partition coefficient (Wildman–Crippen LogP) is 2.60. The maximum absolute atomic E-state index is 10.5. The van der Waals surface area contributed by atoms with Crippen molar-refractivity contribution < 1.29 is 19.4 Å². The third kappa shape index (κ3) is 4.06. The van der Waals surface area contributed by atoms with Gasteiger partial charge in [0.25, 0.3) is 0 Å². The number of thioether (sulfide) groups is 1. The fourth-order valence-corrected chi connectivity index (χ4v) is 2.44. The lowest BCUT2D eigenvalue weighted by molar-refractivity contribution is -0.137. The average Bonchev–Trinajstić information content (AvgIpc) is 2.33. The highest BCUT2D eigenvalue weighted by Gasteiger charge is 2.21. The van der Waals surface area contributed by atoms with Gasteiger partial charge in [0, 0.05) is 17.9 Å². The molecule has 19 heavy (non-hydrogen) atoms. The van der Waals surface area contributed by atoms with Crippen LogP contribution >= 0.6 is 11.8 Å². The number of aryl methyl sites for hydroxylation is 1. The number of ether oxygens (including phenoxy) is 2. The fourth-order valence-electron chi connectivity index (χ4n) is 1.87. The minimum Gasteiger partial charge on any atom is -0.493 e. The molecule has 1 aromatic rings. The Morgan fingerprint density at radius 2 is 2.21 bits per heavy atom. The van der Waals surface area contributed by atoms with Gasteiger partial charge in [0.1, 0.15) is 6.10 Å². The molecule has 1 heterocycles. The summed E-state index contributed by atoms with van der Waals surface area (Å²) in [7, 11) is 1.63. The van der Waals surface area contributed by atoms with Crippen molar-refractivity contribution in [2.24, 2.45) is 0 Å². The lowest BCUT2D eigenvalue weighted by atomic mass is 10.1. The van der Waals surface area contributed by atoms with Gasteiger partial charge in [0.05, 0.1) is 7.11 Å². The van der Waals surface area contributed by atoms with Crippen LogP contribution in [0.1, 0.15) is 18.4 Å². The quantitative estimate of drug-likeness (QED) is 0.833. The molecule has 104 valence electrons. The van der Waals surface area contributed by atoms with Gasteiger partial charge in [0.15, 0.2) is 11.5 Å². The molecule has 0 spiro atoms. The monoisotopic (exact) mass is 282 g/mol. The van der Waals surface area contributed by atoms with E-state index in [1.54, 1.807) is 7.11 Å².